The Bertz CT molecular complexity index is 1230. The van der Waals surface area contributed by atoms with E-state index in [2.05, 4.69) is 45.7 Å². The third-order valence-corrected chi connectivity index (χ3v) is 7.01. The van der Waals surface area contributed by atoms with Gasteiger partial charge < -0.3 is 19.1 Å². The SMILES string of the molecule is COc1ccc(-c2csc3ncnc(N(C)Cc4cc(OC)c(OC)cc4SC)c23)cc1. The third-order valence-electron chi connectivity index (χ3n) is 5.31. The van der Waals surface area contributed by atoms with E-state index in [9.17, 15) is 0 Å². The van der Waals surface area contributed by atoms with Crippen molar-refractivity contribution in [2.75, 3.05) is 39.5 Å². The monoisotopic (exact) mass is 467 g/mol. The minimum atomic E-state index is 0.667. The molecule has 0 unspecified atom stereocenters. The van der Waals surface area contributed by atoms with Gasteiger partial charge in [0.05, 0.1) is 26.7 Å². The topological polar surface area (TPSA) is 56.7 Å². The van der Waals surface area contributed by atoms with Crippen LogP contribution in [0, 0.1) is 0 Å². The molecule has 166 valence electrons. The molecule has 0 amide bonds. The average Bonchev–Trinajstić information content (AvgIpc) is 3.28. The van der Waals surface area contributed by atoms with E-state index in [1.807, 2.05) is 24.3 Å². The summed E-state index contributed by atoms with van der Waals surface area (Å²) in [5, 5.41) is 3.19. The molecule has 2 aromatic carbocycles. The Labute approximate surface area is 196 Å². The van der Waals surface area contributed by atoms with Gasteiger partial charge in [-0.3, -0.25) is 0 Å². The molecule has 4 rings (SSSR count). The summed E-state index contributed by atoms with van der Waals surface area (Å²) >= 11 is 3.31. The second-order valence-electron chi connectivity index (χ2n) is 7.13. The summed E-state index contributed by atoms with van der Waals surface area (Å²) in [5.74, 6) is 3.17. The van der Waals surface area contributed by atoms with Crippen LogP contribution in [0.3, 0.4) is 0 Å². The van der Waals surface area contributed by atoms with Gasteiger partial charge in [0.2, 0.25) is 0 Å². The van der Waals surface area contributed by atoms with Gasteiger partial charge in [-0.05, 0) is 41.6 Å². The van der Waals surface area contributed by atoms with E-state index in [0.717, 1.165) is 54.9 Å². The molecule has 2 heterocycles. The summed E-state index contributed by atoms with van der Waals surface area (Å²) in [5.41, 5.74) is 3.37. The fraction of sp³-hybridized carbons (Fsp3) is 0.250. The summed E-state index contributed by atoms with van der Waals surface area (Å²) < 4.78 is 16.3. The molecule has 0 spiro atoms. The maximum absolute atomic E-state index is 5.53. The first-order valence-electron chi connectivity index (χ1n) is 9.96. The smallest absolute Gasteiger partial charge is 0.161 e. The van der Waals surface area contributed by atoms with Gasteiger partial charge in [-0.2, -0.15) is 0 Å². The minimum Gasteiger partial charge on any atom is -0.497 e. The summed E-state index contributed by atoms with van der Waals surface area (Å²) in [6.45, 7) is 0.667. The van der Waals surface area contributed by atoms with E-state index in [1.54, 1.807) is 50.8 Å². The Kier molecular flexibility index (Phi) is 6.72. The molecule has 0 bridgehead atoms. The number of aromatic nitrogens is 2. The number of methoxy groups -OCH3 is 3. The molecule has 0 saturated carbocycles. The van der Waals surface area contributed by atoms with Crippen molar-refractivity contribution in [1.29, 1.82) is 0 Å². The summed E-state index contributed by atoms with van der Waals surface area (Å²) in [7, 11) is 7.04. The molecule has 32 heavy (non-hydrogen) atoms. The maximum Gasteiger partial charge on any atom is 0.161 e. The predicted molar refractivity (Wildman–Crippen MR) is 133 cm³/mol. The van der Waals surface area contributed by atoms with Crippen LogP contribution in [0.2, 0.25) is 0 Å². The number of hydrogen-bond acceptors (Lipinski definition) is 8. The number of rotatable bonds is 8. The number of ether oxygens (including phenoxy) is 3. The maximum atomic E-state index is 5.53. The van der Waals surface area contributed by atoms with E-state index in [0.29, 0.717) is 6.54 Å². The molecule has 6 nitrogen and oxygen atoms in total. The normalized spacial score (nSPS) is 10.9. The zero-order valence-electron chi connectivity index (χ0n) is 18.7. The number of fused-ring (bicyclic) bond motifs is 1. The highest BCUT2D eigenvalue weighted by Gasteiger charge is 2.18. The molecule has 0 radical (unpaired) electrons. The zero-order chi connectivity index (χ0) is 22.7. The van der Waals surface area contributed by atoms with Gasteiger partial charge in [-0.25, -0.2) is 9.97 Å². The Morgan fingerprint density at radius 2 is 1.69 bits per heavy atom. The summed E-state index contributed by atoms with van der Waals surface area (Å²) in [6.07, 6.45) is 3.70. The quantitative estimate of drug-likeness (QED) is 0.306. The number of nitrogens with zero attached hydrogens (tertiary/aromatic N) is 3. The first-order valence-corrected chi connectivity index (χ1v) is 12.1. The van der Waals surface area contributed by atoms with Crippen molar-refractivity contribution in [2.24, 2.45) is 0 Å². The van der Waals surface area contributed by atoms with Crippen LogP contribution in [-0.4, -0.2) is 44.6 Å². The van der Waals surface area contributed by atoms with E-state index in [1.165, 1.54) is 0 Å². The fourth-order valence-electron chi connectivity index (χ4n) is 3.68. The Morgan fingerprint density at radius 1 is 0.969 bits per heavy atom. The van der Waals surface area contributed by atoms with Crippen molar-refractivity contribution in [1.82, 2.24) is 9.97 Å². The molecule has 0 N–H and O–H groups in total. The van der Waals surface area contributed by atoms with Crippen LogP contribution in [0.4, 0.5) is 5.82 Å². The first-order chi connectivity index (χ1) is 15.6. The van der Waals surface area contributed by atoms with Crippen LogP contribution in [0.25, 0.3) is 21.3 Å². The van der Waals surface area contributed by atoms with Crippen LogP contribution in [0.5, 0.6) is 17.2 Å². The highest BCUT2D eigenvalue weighted by atomic mass is 32.2. The molecular formula is C24H25N3O3S2. The minimum absolute atomic E-state index is 0.667. The molecular weight excluding hydrogens is 442 g/mol. The second-order valence-corrected chi connectivity index (χ2v) is 8.84. The molecule has 0 aliphatic heterocycles. The predicted octanol–water partition coefficient (Wildman–Crippen LogP) is 5.74. The van der Waals surface area contributed by atoms with Crippen LogP contribution >= 0.6 is 23.1 Å². The Hall–Kier alpha value is -2.97. The fourth-order valence-corrected chi connectivity index (χ4v) is 5.20. The molecule has 0 aliphatic carbocycles. The lowest BCUT2D eigenvalue weighted by molar-refractivity contribution is 0.353. The first kappa shape index (κ1) is 22.2. The highest BCUT2D eigenvalue weighted by molar-refractivity contribution is 7.98. The van der Waals surface area contributed by atoms with Crippen molar-refractivity contribution in [3.05, 3.63) is 53.7 Å². The largest absolute Gasteiger partial charge is 0.497 e. The molecule has 4 aromatic rings. The number of hydrogen-bond donors (Lipinski definition) is 0. The Morgan fingerprint density at radius 3 is 2.34 bits per heavy atom. The second kappa shape index (κ2) is 9.67. The lowest BCUT2D eigenvalue weighted by atomic mass is 10.1. The van der Waals surface area contributed by atoms with Crippen molar-refractivity contribution in [2.45, 2.75) is 11.4 Å². The number of benzene rings is 2. The van der Waals surface area contributed by atoms with Gasteiger partial charge in [0.1, 0.15) is 22.7 Å². The molecule has 8 heteroatoms. The van der Waals surface area contributed by atoms with Crippen LogP contribution < -0.4 is 19.1 Å². The highest BCUT2D eigenvalue weighted by Crippen LogP contribution is 2.40. The van der Waals surface area contributed by atoms with Crippen molar-refractivity contribution < 1.29 is 14.2 Å². The van der Waals surface area contributed by atoms with Gasteiger partial charge in [0.15, 0.2) is 11.5 Å². The van der Waals surface area contributed by atoms with Crippen LogP contribution in [0.1, 0.15) is 5.56 Å². The number of thiophene rings is 1. The Balaban J connectivity index is 1.75. The number of anilines is 1. The zero-order valence-corrected chi connectivity index (χ0v) is 20.3. The van der Waals surface area contributed by atoms with Gasteiger partial charge >= 0.3 is 0 Å². The lowest BCUT2D eigenvalue weighted by Crippen LogP contribution is -2.18. The van der Waals surface area contributed by atoms with Crippen LogP contribution in [-0.2, 0) is 6.54 Å². The van der Waals surface area contributed by atoms with E-state index in [4.69, 9.17) is 14.2 Å². The van der Waals surface area contributed by atoms with E-state index < -0.39 is 0 Å². The van der Waals surface area contributed by atoms with E-state index in [-0.39, 0.29) is 0 Å². The average molecular weight is 468 g/mol. The van der Waals surface area contributed by atoms with Gasteiger partial charge in [0, 0.05) is 29.4 Å². The van der Waals surface area contributed by atoms with Crippen LogP contribution in [0.15, 0.2) is 53.0 Å². The van der Waals surface area contributed by atoms with Crippen molar-refractivity contribution >= 4 is 39.1 Å². The molecule has 2 aromatic heterocycles. The lowest BCUT2D eigenvalue weighted by Gasteiger charge is -2.22. The molecule has 0 aliphatic rings. The van der Waals surface area contributed by atoms with Gasteiger partial charge in [-0.1, -0.05) is 12.1 Å². The van der Waals surface area contributed by atoms with Gasteiger partial charge in [0.25, 0.3) is 0 Å². The van der Waals surface area contributed by atoms with E-state index >= 15 is 0 Å². The third kappa shape index (κ3) is 4.20. The number of thioether (sulfide) groups is 1. The van der Waals surface area contributed by atoms with Crippen molar-refractivity contribution in [3.8, 4) is 28.4 Å². The standard InChI is InChI=1S/C24H25N3O3S2/c1-27(12-16-10-19(29-3)20(30-4)11-21(16)31-5)23-22-18(13-32-24(22)26-14-25-23)15-6-8-17(28-2)9-7-15/h6-11,13-14H,12H2,1-5H3. The molecule has 0 fully saturated rings. The van der Waals surface area contributed by atoms with Crippen molar-refractivity contribution in [3.63, 3.8) is 0 Å². The van der Waals surface area contributed by atoms with Gasteiger partial charge in [-0.15, -0.1) is 23.1 Å². The molecule has 0 atom stereocenters. The summed E-state index contributed by atoms with van der Waals surface area (Å²) in [6, 6.07) is 12.1. The molecule has 0 saturated heterocycles. The summed E-state index contributed by atoms with van der Waals surface area (Å²) in [4.78, 5) is 13.4.